The van der Waals surface area contributed by atoms with Crippen molar-refractivity contribution in [2.45, 2.75) is 33.1 Å². The zero-order valence-electron chi connectivity index (χ0n) is 15.0. The van der Waals surface area contributed by atoms with Crippen molar-refractivity contribution in [1.82, 2.24) is 20.5 Å². The molecule has 2 N–H and O–H groups in total. The predicted molar refractivity (Wildman–Crippen MR) is 101 cm³/mol. The summed E-state index contributed by atoms with van der Waals surface area (Å²) in [5.41, 5.74) is 1.17. The largest absolute Gasteiger partial charge is 0.379 e. The monoisotopic (exact) mass is 353 g/mol. The SMILES string of the molecule is CCNC(=NCCCN1CCOCC1)NCCc1csc(CC)n1. The third kappa shape index (κ3) is 7.15. The van der Waals surface area contributed by atoms with E-state index in [1.165, 1.54) is 10.7 Å². The first kappa shape index (κ1) is 19.1. The quantitative estimate of drug-likeness (QED) is 0.400. The smallest absolute Gasteiger partial charge is 0.191 e. The van der Waals surface area contributed by atoms with E-state index in [-0.39, 0.29) is 0 Å². The summed E-state index contributed by atoms with van der Waals surface area (Å²) >= 11 is 1.75. The molecular weight excluding hydrogens is 322 g/mol. The molecular formula is C17H31N5OS. The van der Waals surface area contributed by atoms with Gasteiger partial charge in [0.05, 0.1) is 23.9 Å². The molecule has 6 nitrogen and oxygen atoms in total. The van der Waals surface area contributed by atoms with Crippen molar-refractivity contribution in [3.05, 3.63) is 16.1 Å². The van der Waals surface area contributed by atoms with E-state index in [4.69, 9.17) is 4.74 Å². The van der Waals surface area contributed by atoms with E-state index < -0.39 is 0 Å². The van der Waals surface area contributed by atoms with Crippen LogP contribution in [-0.2, 0) is 17.6 Å². The lowest BCUT2D eigenvalue weighted by Crippen LogP contribution is -2.39. The van der Waals surface area contributed by atoms with Crippen molar-refractivity contribution < 1.29 is 4.74 Å². The van der Waals surface area contributed by atoms with Crippen molar-refractivity contribution >= 4 is 17.3 Å². The van der Waals surface area contributed by atoms with Crippen LogP contribution in [0, 0.1) is 0 Å². The van der Waals surface area contributed by atoms with Gasteiger partial charge >= 0.3 is 0 Å². The molecule has 136 valence electrons. The Labute approximate surface area is 149 Å². The summed E-state index contributed by atoms with van der Waals surface area (Å²) < 4.78 is 5.37. The predicted octanol–water partition coefficient (Wildman–Crippen LogP) is 1.53. The molecule has 0 amide bonds. The molecule has 1 aliphatic heterocycles. The average Bonchev–Trinajstić information content (AvgIpc) is 3.07. The van der Waals surface area contributed by atoms with E-state index in [0.717, 1.165) is 77.7 Å². The van der Waals surface area contributed by atoms with Crippen molar-refractivity contribution in [3.63, 3.8) is 0 Å². The molecule has 0 unspecified atom stereocenters. The second-order valence-corrected chi connectivity index (χ2v) is 6.77. The maximum atomic E-state index is 5.37. The second kappa shape index (κ2) is 11.4. The minimum atomic E-state index is 0.851. The first-order valence-electron chi connectivity index (χ1n) is 9.07. The third-order valence-corrected chi connectivity index (χ3v) is 4.97. The van der Waals surface area contributed by atoms with Gasteiger partial charge in [-0.15, -0.1) is 11.3 Å². The molecule has 24 heavy (non-hydrogen) atoms. The summed E-state index contributed by atoms with van der Waals surface area (Å²) in [4.78, 5) is 11.7. The van der Waals surface area contributed by atoms with Gasteiger partial charge in [-0.2, -0.15) is 0 Å². The molecule has 2 heterocycles. The summed E-state index contributed by atoms with van der Waals surface area (Å²) in [7, 11) is 0. The maximum absolute atomic E-state index is 5.37. The maximum Gasteiger partial charge on any atom is 0.191 e. The molecule has 0 bridgehead atoms. The van der Waals surface area contributed by atoms with Crippen molar-refractivity contribution in [2.75, 3.05) is 52.5 Å². The fourth-order valence-corrected chi connectivity index (χ4v) is 3.37. The molecule has 0 aliphatic carbocycles. The molecule has 1 aromatic rings. The van der Waals surface area contributed by atoms with Gasteiger partial charge < -0.3 is 15.4 Å². The molecule has 0 aromatic carbocycles. The second-order valence-electron chi connectivity index (χ2n) is 5.83. The first-order valence-corrected chi connectivity index (χ1v) is 9.95. The Bertz CT molecular complexity index is 485. The van der Waals surface area contributed by atoms with Crippen molar-refractivity contribution in [2.24, 2.45) is 4.99 Å². The number of aliphatic imine (C=N–C) groups is 1. The number of hydrogen-bond acceptors (Lipinski definition) is 5. The van der Waals surface area contributed by atoms with Gasteiger partial charge in [0.25, 0.3) is 0 Å². The Morgan fingerprint density at radius 1 is 1.33 bits per heavy atom. The summed E-state index contributed by atoms with van der Waals surface area (Å²) in [6.07, 6.45) is 3.04. The summed E-state index contributed by atoms with van der Waals surface area (Å²) in [6.45, 7) is 11.8. The van der Waals surface area contributed by atoms with Gasteiger partial charge in [-0.1, -0.05) is 6.92 Å². The van der Waals surface area contributed by atoms with Gasteiger partial charge in [0.1, 0.15) is 0 Å². The Balaban J connectivity index is 1.65. The highest BCUT2D eigenvalue weighted by molar-refractivity contribution is 7.09. The standard InChI is InChI=1S/C17H31N5OS/c1-3-16-21-15(14-24-16)6-8-20-17(18-4-2)19-7-5-9-22-10-12-23-13-11-22/h14H,3-13H2,1-2H3,(H2,18,19,20). The van der Waals surface area contributed by atoms with Crippen LogP contribution < -0.4 is 10.6 Å². The van der Waals surface area contributed by atoms with Crippen LogP contribution in [0.15, 0.2) is 10.4 Å². The number of morpholine rings is 1. The number of nitrogens with zero attached hydrogens (tertiary/aromatic N) is 3. The number of thiazole rings is 1. The molecule has 0 saturated carbocycles. The Kier molecular flexibility index (Phi) is 9.09. The lowest BCUT2D eigenvalue weighted by molar-refractivity contribution is 0.0377. The molecule has 0 atom stereocenters. The van der Waals surface area contributed by atoms with E-state index >= 15 is 0 Å². The van der Waals surface area contributed by atoms with Gasteiger partial charge in [0.2, 0.25) is 0 Å². The molecule has 7 heteroatoms. The highest BCUT2D eigenvalue weighted by atomic mass is 32.1. The van der Waals surface area contributed by atoms with E-state index in [1.54, 1.807) is 11.3 Å². The fourth-order valence-electron chi connectivity index (χ4n) is 2.59. The number of ether oxygens (including phenoxy) is 1. The van der Waals surface area contributed by atoms with E-state index in [9.17, 15) is 0 Å². The van der Waals surface area contributed by atoms with Crippen molar-refractivity contribution in [3.8, 4) is 0 Å². The fraction of sp³-hybridized carbons (Fsp3) is 0.765. The molecule has 1 aliphatic rings. The minimum Gasteiger partial charge on any atom is -0.379 e. The molecule has 1 fully saturated rings. The van der Waals surface area contributed by atoms with Gasteiger partial charge in [0, 0.05) is 51.1 Å². The highest BCUT2D eigenvalue weighted by Gasteiger charge is 2.09. The molecule has 2 rings (SSSR count). The van der Waals surface area contributed by atoms with Crippen LogP contribution >= 0.6 is 11.3 Å². The van der Waals surface area contributed by atoms with Crippen LogP contribution in [0.3, 0.4) is 0 Å². The van der Waals surface area contributed by atoms with Gasteiger partial charge in [-0.3, -0.25) is 9.89 Å². The minimum absolute atomic E-state index is 0.851. The van der Waals surface area contributed by atoms with E-state index in [2.05, 4.69) is 44.7 Å². The zero-order valence-corrected chi connectivity index (χ0v) is 15.8. The Morgan fingerprint density at radius 3 is 2.88 bits per heavy atom. The Hall–Kier alpha value is -1.18. The van der Waals surface area contributed by atoms with E-state index in [1.807, 2.05) is 0 Å². The van der Waals surface area contributed by atoms with Crippen LogP contribution in [0.5, 0.6) is 0 Å². The highest BCUT2D eigenvalue weighted by Crippen LogP contribution is 2.10. The van der Waals surface area contributed by atoms with Crippen LogP contribution in [0.4, 0.5) is 0 Å². The van der Waals surface area contributed by atoms with Crippen LogP contribution in [0.2, 0.25) is 0 Å². The summed E-state index contributed by atoms with van der Waals surface area (Å²) in [6, 6.07) is 0. The summed E-state index contributed by atoms with van der Waals surface area (Å²) in [5.74, 6) is 0.908. The third-order valence-electron chi connectivity index (χ3n) is 3.93. The number of rotatable bonds is 9. The lowest BCUT2D eigenvalue weighted by Gasteiger charge is -2.26. The van der Waals surface area contributed by atoms with Gasteiger partial charge in [-0.05, 0) is 19.8 Å². The average molecular weight is 354 g/mol. The van der Waals surface area contributed by atoms with Crippen LogP contribution in [0.25, 0.3) is 0 Å². The van der Waals surface area contributed by atoms with Crippen LogP contribution in [0.1, 0.15) is 31.0 Å². The number of aryl methyl sites for hydroxylation is 1. The molecule has 1 saturated heterocycles. The van der Waals surface area contributed by atoms with Crippen molar-refractivity contribution in [1.29, 1.82) is 0 Å². The summed E-state index contributed by atoms with van der Waals surface area (Å²) in [5, 5.41) is 10.1. The van der Waals surface area contributed by atoms with Gasteiger partial charge in [0.15, 0.2) is 5.96 Å². The zero-order chi connectivity index (χ0) is 17.0. The van der Waals surface area contributed by atoms with Gasteiger partial charge in [-0.25, -0.2) is 4.98 Å². The Morgan fingerprint density at radius 2 is 2.17 bits per heavy atom. The molecule has 0 spiro atoms. The van der Waals surface area contributed by atoms with E-state index in [0.29, 0.717) is 0 Å². The first-order chi connectivity index (χ1) is 11.8. The van der Waals surface area contributed by atoms with Crippen LogP contribution in [-0.4, -0.2) is 68.3 Å². The molecule has 0 radical (unpaired) electrons. The normalized spacial score (nSPS) is 16.3. The number of hydrogen-bond donors (Lipinski definition) is 2. The molecule has 1 aromatic heterocycles. The lowest BCUT2D eigenvalue weighted by atomic mass is 10.3. The number of guanidine groups is 1. The number of nitrogens with one attached hydrogen (secondary N) is 2. The number of aromatic nitrogens is 1. The topological polar surface area (TPSA) is 61.8 Å².